The van der Waals surface area contributed by atoms with E-state index in [0.717, 1.165) is 19.5 Å². The maximum absolute atomic E-state index is 5.96. The van der Waals surface area contributed by atoms with E-state index in [1.807, 2.05) is 0 Å². The SMILES string of the molecule is CN1CC(N)CCC1C1CCC(N)CN1. The Morgan fingerprint density at radius 1 is 1.07 bits per heavy atom. The number of piperidine rings is 2. The lowest BCUT2D eigenvalue weighted by molar-refractivity contribution is 0.117. The number of nitrogens with one attached hydrogen (secondary N) is 1. The predicted octanol–water partition coefficient (Wildman–Crippen LogP) is -0.513. The van der Waals surface area contributed by atoms with Crippen LogP contribution in [0.4, 0.5) is 0 Å². The minimum absolute atomic E-state index is 0.359. The van der Waals surface area contributed by atoms with E-state index in [1.54, 1.807) is 0 Å². The zero-order chi connectivity index (χ0) is 10.8. The maximum Gasteiger partial charge on any atom is 0.0247 e. The van der Waals surface area contributed by atoms with Crippen LogP contribution < -0.4 is 16.8 Å². The summed E-state index contributed by atoms with van der Waals surface area (Å²) in [7, 11) is 2.19. The van der Waals surface area contributed by atoms with Crippen LogP contribution in [0.15, 0.2) is 0 Å². The van der Waals surface area contributed by atoms with Crippen LogP contribution in [0.5, 0.6) is 0 Å². The molecule has 88 valence electrons. The average molecular weight is 212 g/mol. The van der Waals surface area contributed by atoms with Gasteiger partial charge in [0.25, 0.3) is 0 Å². The molecule has 0 radical (unpaired) electrons. The largest absolute Gasteiger partial charge is 0.327 e. The first-order chi connectivity index (χ1) is 7.16. The fraction of sp³-hybridized carbons (Fsp3) is 1.00. The third-order valence-corrected chi connectivity index (χ3v) is 3.88. The summed E-state index contributed by atoms with van der Waals surface area (Å²) in [4.78, 5) is 2.42. The van der Waals surface area contributed by atoms with Crippen molar-refractivity contribution >= 4 is 0 Å². The minimum Gasteiger partial charge on any atom is -0.327 e. The lowest BCUT2D eigenvalue weighted by atomic mass is 9.88. The summed E-state index contributed by atoms with van der Waals surface area (Å²) in [6.07, 6.45) is 4.77. The third-order valence-electron chi connectivity index (χ3n) is 3.88. The molecule has 2 heterocycles. The number of rotatable bonds is 1. The number of likely N-dealkylation sites (N-methyl/N-ethyl adjacent to an activating group) is 1. The summed E-state index contributed by atoms with van der Waals surface area (Å²) in [5, 5.41) is 3.58. The molecule has 2 rings (SSSR count). The highest BCUT2D eigenvalue weighted by atomic mass is 15.2. The first-order valence-corrected chi connectivity index (χ1v) is 6.11. The van der Waals surface area contributed by atoms with E-state index in [2.05, 4.69) is 17.3 Å². The van der Waals surface area contributed by atoms with Crippen molar-refractivity contribution in [3.05, 3.63) is 0 Å². The van der Waals surface area contributed by atoms with E-state index in [4.69, 9.17) is 11.5 Å². The molecule has 0 aliphatic carbocycles. The lowest BCUT2D eigenvalue weighted by Crippen LogP contribution is -2.58. The van der Waals surface area contributed by atoms with Gasteiger partial charge in [0.2, 0.25) is 0 Å². The summed E-state index contributed by atoms with van der Waals surface area (Å²) in [6, 6.07) is 2.02. The van der Waals surface area contributed by atoms with Crippen molar-refractivity contribution in [2.75, 3.05) is 20.1 Å². The second-order valence-corrected chi connectivity index (χ2v) is 5.20. The second kappa shape index (κ2) is 4.78. The summed E-state index contributed by atoms with van der Waals surface area (Å²) in [6.45, 7) is 2.01. The van der Waals surface area contributed by atoms with E-state index >= 15 is 0 Å². The molecule has 0 amide bonds. The van der Waals surface area contributed by atoms with E-state index < -0.39 is 0 Å². The van der Waals surface area contributed by atoms with Gasteiger partial charge in [0, 0.05) is 37.3 Å². The van der Waals surface area contributed by atoms with Crippen molar-refractivity contribution < 1.29 is 0 Å². The van der Waals surface area contributed by atoms with Gasteiger partial charge in [-0.15, -0.1) is 0 Å². The predicted molar refractivity (Wildman–Crippen MR) is 62.6 cm³/mol. The van der Waals surface area contributed by atoms with Crippen LogP contribution in [-0.2, 0) is 0 Å². The van der Waals surface area contributed by atoms with Crippen molar-refractivity contribution in [2.45, 2.75) is 49.9 Å². The van der Waals surface area contributed by atoms with Gasteiger partial charge in [-0.1, -0.05) is 0 Å². The van der Waals surface area contributed by atoms with E-state index in [-0.39, 0.29) is 0 Å². The van der Waals surface area contributed by atoms with Crippen molar-refractivity contribution in [2.24, 2.45) is 11.5 Å². The highest BCUT2D eigenvalue weighted by Crippen LogP contribution is 2.22. The van der Waals surface area contributed by atoms with E-state index in [1.165, 1.54) is 19.3 Å². The molecular weight excluding hydrogens is 188 g/mol. The van der Waals surface area contributed by atoms with Crippen LogP contribution in [0.25, 0.3) is 0 Å². The van der Waals surface area contributed by atoms with Gasteiger partial charge in [-0.2, -0.15) is 0 Å². The summed E-state index contributed by atoms with van der Waals surface area (Å²) in [5.74, 6) is 0. The van der Waals surface area contributed by atoms with Gasteiger partial charge in [-0.25, -0.2) is 0 Å². The highest BCUT2D eigenvalue weighted by molar-refractivity contribution is 4.92. The Labute approximate surface area is 92.4 Å². The van der Waals surface area contributed by atoms with Crippen LogP contribution >= 0.6 is 0 Å². The van der Waals surface area contributed by atoms with E-state index in [0.29, 0.717) is 24.2 Å². The quantitative estimate of drug-likeness (QED) is 0.547. The average Bonchev–Trinajstić information content (AvgIpc) is 2.20. The summed E-state index contributed by atoms with van der Waals surface area (Å²) in [5.41, 5.74) is 11.8. The third kappa shape index (κ3) is 2.69. The number of likely N-dealkylation sites (tertiary alicyclic amines) is 1. The summed E-state index contributed by atoms with van der Waals surface area (Å²) >= 11 is 0. The Bertz CT molecular complexity index is 201. The fourth-order valence-electron chi connectivity index (χ4n) is 2.94. The molecule has 0 aromatic heterocycles. The van der Waals surface area contributed by atoms with Gasteiger partial charge in [-0.05, 0) is 32.7 Å². The Morgan fingerprint density at radius 3 is 2.40 bits per heavy atom. The maximum atomic E-state index is 5.96. The van der Waals surface area contributed by atoms with Gasteiger partial charge < -0.3 is 21.7 Å². The molecule has 0 saturated carbocycles. The fourth-order valence-corrected chi connectivity index (χ4v) is 2.94. The molecule has 15 heavy (non-hydrogen) atoms. The monoisotopic (exact) mass is 212 g/mol. The molecule has 2 aliphatic rings. The van der Waals surface area contributed by atoms with Gasteiger partial charge in [0.15, 0.2) is 0 Å². The Balaban J connectivity index is 1.87. The van der Waals surface area contributed by atoms with Crippen LogP contribution in [0, 0.1) is 0 Å². The first-order valence-electron chi connectivity index (χ1n) is 6.11. The highest BCUT2D eigenvalue weighted by Gasteiger charge is 2.31. The van der Waals surface area contributed by atoms with Crippen molar-refractivity contribution in [3.8, 4) is 0 Å². The molecule has 2 saturated heterocycles. The Hall–Kier alpha value is -0.160. The zero-order valence-electron chi connectivity index (χ0n) is 9.65. The minimum atomic E-state index is 0.359. The van der Waals surface area contributed by atoms with Crippen LogP contribution in [0.3, 0.4) is 0 Å². The molecule has 2 aliphatic heterocycles. The molecule has 0 spiro atoms. The lowest BCUT2D eigenvalue weighted by Gasteiger charge is -2.43. The van der Waals surface area contributed by atoms with Gasteiger partial charge in [0.1, 0.15) is 0 Å². The smallest absolute Gasteiger partial charge is 0.0247 e. The standard InChI is InChI=1S/C11H24N4/c1-15-7-9(13)3-5-11(15)10-4-2-8(12)6-14-10/h8-11,14H,2-7,12-13H2,1H3. The molecule has 4 atom stereocenters. The molecule has 4 nitrogen and oxygen atoms in total. The van der Waals surface area contributed by atoms with Gasteiger partial charge >= 0.3 is 0 Å². The van der Waals surface area contributed by atoms with Crippen molar-refractivity contribution in [1.29, 1.82) is 0 Å². The number of hydrogen-bond donors (Lipinski definition) is 3. The topological polar surface area (TPSA) is 67.3 Å². The number of hydrogen-bond acceptors (Lipinski definition) is 4. The number of nitrogens with zero attached hydrogens (tertiary/aromatic N) is 1. The van der Waals surface area contributed by atoms with Crippen molar-refractivity contribution in [3.63, 3.8) is 0 Å². The second-order valence-electron chi connectivity index (χ2n) is 5.20. The molecular formula is C11H24N4. The molecule has 4 unspecified atom stereocenters. The molecule has 0 bridgehead atoms. The molecule has 4 heteroatoms. The zero-order valence-corrected chi connectivity index (χ0v) is 9.65. The van der Waals surface area contributed by atoms with Crippen LogP contribution in [0.2, 0.25) is 0 Å². The molecule has 2 fully saturated rings. The molecule has 0 aromatic carbocycles. The van der Waals surface area contributed by atoms with Gasteiger partial charge in [-0.3, -0.25) is 0 Å². The normalized spacial score (nSPS) is 44.2. The Morgan fingerprint density at radius 2 is 1.80 bits per heavy atom. The van der Waals surface area contributed by atoms with Crippen molar-refractivity contribution in [1.82, 2.24) is 10.2 Å². The van der Waals surface area contributed by atoms with Gasteiger partial charge in [0.05, 0.1) is 0 Å². The van der Waals surface area contributed by atoms with Crippen LogP contribution in [-0.4, -0.2) is 49.2 Å². The Kier molecular flexibility index (Phi) is 3.61. The summed E-state index contributed by atoms with van der Waals surface area (Å²) < 4.78 is 0. The van der Waals surface area contributed by atoms with Crippen LogP contribution in [0.1, 0.15) is 25.7 Å². The molecule has 0 aromatic rings. The first kappa shape index (κ1) is 11.3. The van der Waals surface area contributed by atoms with E-state index in [9.17, 15) is 0 Å². The number of nitrogens with two attached hydrogens (primary N) is 2. The molecule has 5 N–H and O–H groups in total.